The Hall–Kier alpha value is -1.99. The Morgan fingerprint density at radius 3 is 2.56 bits per heavy atom. The summed E-state index contributed by atoms with van der Waals surface area (Å²) in [7, 11) is 4.44. The van der Waals surface area contributed by atoms with E-state index >= 15 is 0 Å². The zero-order valence-corrected chi connectivity index (χ0v) is 16.9. The van der Waals surface area contributed by atoms with Gasteiger partial charge in [-0.25, -0.2) is 0 Å². The van der Waals surface area contributed by atoms with Gasteiger partial charge in [0.2, 0.25) is 5.91 Å². The number of amides is 1. The van der Waals surface area contributed by atoms with Gasteiger partial charge < -0.3 is 24.8 Å². The third kappa shape index (κ3) is 6.92. The van der Waals surface area contributed by atoms with Crippen LogP contribution in [0.4, 0.5) is 0 Å². The van der Waals surface area contributed by atoms with Gasteiger partial charge in [-0.3, -0.25) is 9.59 Å². The minimum absolute atomic E-state index is 0. The molecule has 7 nitrogen and oxygen atoms in total. The van der Waals surface area contributed by atoms with E-state index in [1.807, 2.05) is 6.07 Å². The highest BCUT2D eigenvalue weighted by Crippen LogP contribution is 2.31. The van der Waals surface area contributed by atoms with Crippen molar-refractivity contribution in [1.29, 1.82) is 0 Å². The molecule has 1 aliphatic heterocycles. The highest BCUT2D eigenvalue weighted by atomic mass is 35.5. The molecule has 27 heavy (non-hydrogen) atoms. The van der Waals surface area contributed by atoms with Crippen molar-refractivity contribution in [3.63, 3.8) is 0 Å². The van der Waals surface area contributed by atoms with E-state index in [1.165, 1.54) is 7.11 Å². The number of esters is 1. The standard InChI is InChI=1S/C19H28N2O5.ClH/c1-24-16-6-5-14(10-17(16)25-2)15(11-19(23)26-3)21-18(22)7-4-13-8-9-20-12-13;/h5-6,10,13,15,20H,4,7-9,11-12H2,1-3H3,(H,21,22);1H. The summed E-state index contributed by atoms with van der Waals surface area (Å²) in [5.41, 5.74) is 0.768. The predicted octanol–water partition coefficient (Wildman–Crippen LogP) is 2.24. The number of hydrogen-bond donors (Lipinski definition) is 2. The minimum atomic E-state index is -0.476. The van der Waals surface area contributed by atoms with Crippen LogP contribution in [0.2, 0.25) is 0 Å². The lowest BCUT2D eigenvalue weighted by molar-refractivity contribution is -0.141. The summed E-state index contributed by atoms with van der Waals surface area (Å²) in [6, 6.07) is 4.87. The van der Waals surface area contributed by atoms with Crippen LogP contribution in [0, 0.1) is 5.92 Å². The van der Waals surface area contributed by atoms with Crippen molar-refractivity contribution in [1.82, 2.24) is 10.6 Å². The number of halogens is 1. The van der Waals surface area contributed by atoms with Gasteiger partial charge in [-0.1, -0.05) is 6.07 Å². The van der Waals surface area contributed by atoms with Crippen LogP contribution in [0.15, 0.2) is 18.2 Å². The van der Waals surface area contributed by atoms with E-state index in [2.05, 4.69) is 10.6 Å². The second-order valence-electron chi connectivity index (χ2n) is 6.41. The number of carbonyl (C=O) groups excluding carboxylic acids is 2. The first kappa shape index (κ1) is 23.0. The molecule has 1 amide bonds. The first-order valence-electron chi connectivity index (χ1n) is 8.86. The molecule has 0 spiro atoms. The molecule has 8 heteroatoms. The number of rotatable bonds is 9. The smallest absolute Gasteiger partial charge is 0.307 e. The number of ether oxygens (including phenoxy) is 3. The predicted molar refractivity (Wildman–Crippen MR) is 105 cm³/mol. The topological polar surface area (TPSA) is 85.9 Å². The molecule has 1 heterocycles. The lowest BCUT2D eigenvalue weighted by Gasteiger charge is -2.20. The molecule has 1 aromatic carbocycles. The first-order chi connectivity index (χ1) is 12.6. The van der Waals surface area contributed by atoms with Gasteiger partial charge in [-0.05, 0) is 49.5 Å². The van der Waals surface area contributed by atoms with Gasteiger partial charge in [-0.15, -0.1) is 12.4 Å². The molecular weight excluding hydrogens is 372 g/mol. The molecule has 1 saturated heterocycles. The maximum Gasteiger partial charge on any atom is 0.307 e. The van der Waals surface area contributed by atoms with Crippen LogP contribution in [0.1, 0.15) is 37.3 Å². The molecule has 0 saturated carbocycles. The zero-order chi connectivity index (χ0) is 18.9. The molecule has 2 rings (SSSR count). The minimum Gasteiger partial charge on any atom is -0.493 e. The fourth-order valence-electron chi connectivity index (χ4n) is 3.13. The Morgan fingerprint density at radius 2 is 1.96 bits per heavy atom. The Bertz CT molecular complexity index is 620. The number of nitrogens with one attached hydrogen (secondary N) is 2. The van der Waals surface area contributed by atoms with Crippen LogP contribution < -0.4 is 20.1 Å². The SMILES string of the molecule is COC(=O)CC(NC(=O)CCC1CCNC1)c1ccc(OC)c(OC)c1.Cl. The van der Waals surface area contributed by atoms with E-state index < -0.39 is 6.04 Å². The average Bonchev–Trinajstić information content (AvgIpc) is 3.18. The van der Waals surface area contributed by atoms with Crippen molar-refractivity contribution >= 4 is 24.3 Å². The van der Waals surface area contributed by atoms with Gasteiger partial charge in [0.1, 0.15) is 0 Å². The van der Waals surface area contributed by atoms with Crippen molar-refractivity contribution < 1.29 is 23.8 Å². The molecule has 0 bridgehead atoms. The second-order valence-corrected chi connectivity index (χ2v) is 6.41. The number of benzene rings is 1. The summed E-state index contributed by atoms with van der Waals surface area (Å²) in [4.78, 5) is 24.2. The fourth-order valence-corrected chi connectivity index (χ4v) is 3.13. The van der Waals surface area contributed by atoms with Gasteiger partial charge in [0.25, 0.3) is 0 Å². The van der Waals surface area contributed by atoms with Gasteiger partial charge in [0.05, 0.1) is 33.8 Å². The van der Waals surface area contributed by atoms with Crippen LogP contribution in [0.25, 0.3) is 0 Å². The molecule has 2 atom stereocenters. The van der Waals surface area contributed by atoms with Crippen LogP contribution in [0.5, 0.6) is 11.5 Å². The van der Waals surface area contributed by atoms with Gasteiger partial charge >= 0.3 is 5.97 Å². The molecule has 1 aromatic rings. The van der Waals surface area contributed by atoms with E-state index in [1.54, 1.807) is 26.4 Å². The molecule has 0 aromatic heterocycles. The van der Waals surface area contributed by atoms with E-state index in [9.17, 15) is 9.59 Å². The monoisotopic (exact) mass is 400 g/mol. The van der Waals surface area contributed by atoms with Crippen LogP contribution in [0.3, 0.4) is 0 Å². The van der Waals surface area contributed by atoms with Crippen LogP contribution in [-0.2, 0) is 14.3 Å². The van der Waals surface area contributed by atoms with Gasteiger partial charge in [0.15, 0.2) is 11.5 Å². The Balaban J connectivity index is 0.00000364. The average molecular weight is 401 g/mol. The zero-order valence-electron chi connectivity index (χ0n) is 16.1. The van der Waals surface area contributed by atoms with Crippen molar-refractivity contribution in [2.24, 2.45) is 5.92 Å². The quantitative estimate of drug-likeness (QED) is 0.618. The third-order valence-electron chi connectivity index (χ3n) is 4.69. The summed E-state index contributed by atoms with van der Waals surface area (Å²) in [6.07, 6.45) is 2.45. The Labute approximate surface area is 166 Å². The Kier molecular flexibility index (Phi) is 9.96. The maximum atomic E-state index is 12.4. The first-order valence-corrected chi connectivity index (χ1v) is 8.86. The third-order valence-corrected chi connectivity index (χ3v) is 4.69. The second kappa shape index (κ2) is 11.7. The number of hydrogen-bond acceptors (Lipinski definition) is 6. The van der Waals surface area contributed by atoms with Gasteiger partial charge in [0, 0.05) is 6.42 Å². The van der Waals surface area contributed by atoms with Crippen molar-refractivity contribution in [3.8, 4) is 11.5 Å². The highest BCUT2D eigenvalue weighted by Gasteiger charge is 2.22. The molecule has 2 unspecified atom stereocenters. The molecule has 1 aliphatic rings. The van der Waals surface area contributed by atoms with E-state index in [0.29, 0.717) is 23.8 Å². The lowest BCUT2D eigenvalue weighted by atomic mass is 10.0. The number of carbonyl (C=O) groups is 2. The molecule has 0 radical (unpaired) electrons. The summed E-state index contributed by atoms with van der Waals surface area (Å²) in [6.45, 7) is 1.98. The fraction of sp³-hybridized carbons (Fsp3) is 0.579. The summed E-state index contributed by atoms with van der Waals surface area (Å²) in [5, 5.41) is 6.26. The highest BCUT2D eigenvalue weighted by molar-refractivity contribution is 5.85. The van der Waals surface area contributed by atoms with Crippen molar-refractivity contribution in [2.75, 3.05) is 34.4 Å². The van der Waals surface area contributed by atoms with Crippen molar-refractivity contribution in [2.45, 2.75) is 31.7 Å². The molecule has 1 fully saturated rings. The molecule has 152 valence electrons. The molecular formula is C19H29ClN2O5. The van der Waals surface area contributed by atoms with Crippen LogP contribution >= 0.6 is 12.4 Å². The number of methoxy groups -OCH3 is 3. The van der Waals surface area contributed by atoms with E-state index in [4.69, 9.17) is 14.2 Å². The molecule has 2 N–H and O–H groups in total. The van der Waals surface area contributed by atoms with E-state index in [-0.39, 0.29) is 30.7 Å². The Morgan fingerprint density at radius 1 is 1.22 bits per heavy atom. The van der Waals surface area contributed by atoms with Gasteiger partial charge in [-0.2, -0.15) is 0 Å². The molecule has 0 aliphatic carbocycles. The summed E-state index contributed by atoms with van der Waals surface area (Å²) < 4.78 is 15.3. The lowest BCUT2D eigenvalue weighted by Crippen LogP contribution is -2.30. The normalized spacial score (nSPS) is 16.8. The van der Waals surface area contributed by atoms with Crippen molar-refractivity contribution in [3.05, 3.63) is 23.8 Å². The maximum absolute atomic E-state index is 12.4. The van der Waals surface area contributed by atoms with Crippen LogP contribution in [-0.4, -0.2) is 46.3 Å². The largest absolute Gasteiger partial charge is 0.493 e. The summed E-state index contributed by atoms with van der Waals surface area (Å²) >= 11 is 0. The summed E-state index contributed by atoms with van der Waals surface area (Å²) in [5.74, 6) is 1.23. The van der Waals surface area contributed by atoms with E-state index in [0.717, 1.165) is 31.5 Å².